The predicted molar refractivity (Wildman–Crippen MR) is 105 cm³/mol. The van der Waals surface area contributed by atoms with Crippen molar-refractivity contribution in [1.29, 1.82) is 0 Å². The first-order valence-corrected chi connectivity index (χ1v) is 8.78. The van der Waals surface area contributed by atoms with Crippen LogP contribution < -0.4 is 0 Å². The number of esters is 1. The molecule has 1 heterocycles. The summed E-state index contributed by atoms with van der Waals surface area (Å²) in [5.74, 6) is 0.281. The molecule has 4 nitrogen and oxygen atoms in total. The first kappa shape index (κ1) is 18.2. The fraction of sp³-hybridized carbons (Fsp3) is 0.100. The van der Waals surface area contributed by atoms with Crippen molar-refractivity contribution in [2.24, 2.45) is 0 Å². The van der Waals surface area contributed by atoms with Crippen LogP contribution in [0, 0.1) is 0 Å². The summed E-state index contributed by atoms with van der Waals surface area (Å²) in [7, 11) is 0. The minimum atomic E-state index is -0.396. The lowest BCUT2D eigenvalue weighted by atomic mass is 9.94. The van der Waals surface area contributed by atoms with Gasteiger partial charge < -0.3 is 9.72 Å². The number of hydrogen-bond donors (Lipinski definition) is 1. The van der Waals surface area contributed by atoms with Crippen LogP contribution in [0.2, 0.25) is 10.0 Å². The Morgan fingerprint density at radius 3 is 2.77 bits per heavy atom. The molecule has 0 radical (unpaired) electrons. The number of benzene rings is 2. The molecule has 0 unspecified atom stereocenters. The number of nitrogens with zero attached hydrogens (tertiary/aromatic N) is 1. The lowest BCUT2D eigenvalue weighted by molar-refractivity contribution is -0.137. The van der Waals surface area contributed by atoms with Crippen molar-refractivity contribution in [3.05, 3.63) is 70.5 Å². The highest BCUT2D eigenvalue weighted by Gasteiger charge is 2.15. The Balaban J connectivity index is 2.16. The summed E-state index contributed by atoms with van der Waals surface area (Å²) in [5.41, 5.74) is 3.36. The highest BCUT2D eigenvalue weighted by Crippen LogP contribution is 2.38. The summed E-state index contributed by atoms with van der Waals surface area (Å²) < 4.78 is 4.96. The van der Waals surface area contributed by atoms with Crippen molar-refractivity contribution >= 4 is 35.2 Å². The number of H-pyrrole nitrogens is 1. The molecule has 1 N–H and O–H groups in total. The van der Waals surface area contributed by atoms with Gasteiger partial charge >= 0.3 is 5.97 Å². The molecule has 2 aromatic carbocycles. The Morgan fingerprint density at radius 1 is 1.23 bits per heavy atom. The molecule has 132 valence electrons. The molecule has 0 saturated carbocycles. The Labute approximate surface area is 161 Å². The minimum Gasteiger partial charge on any atom is -0.463 e. The Kier molecular flexibility index (Phi) is 5.76. The number of rotatable bonds is 5. The minimum absolute atomic E-state index is 0.328. The van der Waals surface area contributed by atoms with Gasteiger partial charge in [-0.05, 0) is 36.3 Å². The monoisotopic (exact) mass is 386 g/mol. The van der Waals surface area contributed by atoms with E-state index in [0.717, 1.165) is 22.3 Å². The van der Waals surface area contributed by atoms with E-state index in [9.17, 15) is 4.79 Å². The number of hydrogen-bond acceptors (Lipinski definition) is 3. The van der Waals surface area contributed by atoms with E-state index >= 15 is 0 Å². The summed E-state index contributed by atoms with van der Waals surface area (Å²) in [5, 5.41) is 1.11. The second-order valence-electron chi connectivity index (χ2n) is 5.42. The molecule has 0 aliphatic rings. The summed E-state index contributed by atoms with van der Waals surface area (Å²) in [4.78, 5) is 19.2. The number of aromatic amines is 1. The fourth-order valence-electron chi connectivity index (χ4n) is 2.66. The second-order valence-corrected chi connectivity index (χ2v) is 6.26. The lowest BCUT2D eigenvalue weighted by Crippen LogP contribution is -1.99. The van der Waals surface area contributed by atoms with Gasteiger partial charge in [-0.3, -0.25) is 0 Å². The van der Waals surface area contributed by atoms with E-state index in [1.54, 1.807) is 37.5 Å². The molecule has 6 heteroatoms. The topological polar surface area (TPSA) is 55.0 Å². The van der Waals surface area contributed by atoms with Gasteiger partial charge in [-0.25, -0.2) is 9.78 Å². The maximum absolute atomic E-state index is 11.7. The summed E-state index contributed by atoms with van der Waals surface area (Å²) in [6.45, 7) is 2.10. The number of carbonyl (C=O) groups is 1. The highest BCUT2D eigenvalue weighted by atomic mass is 35.5. The molecule has 0 spiro atoms. The van der Waals surface area contributed by atoms with Crippen LogP contribution in [0.5, 0.6) is 0 Å². The SMILES string of the molecule is CCOC(=O)/C=C/c1cccc(-c2ccc(Cl)cc2Cl)c1-c1ncc[nH]1. The van der Waals surface area contributed by atoms with Gasteiger partial charge in [-0.15, -0.1) is 0 Å². The zero-order valence-electron chi connectivity index (χ0n) is 14.0. The number of halogens is 2. The zero-order valence-corrected chi connectivity index (χ0v) is 15.5. The normalized spacial score (nSPS) is 11.0. The smallest absolute Gasteiger partial charge is 0.330 e. The zero-order chi connectivity index (χ0) is 18.5. The third kappa shape index (κ3) is 3.98. The maximum Gasteiger partial charge on any atom is 0.330 e. The number of carbonyl (C=O) groups excluding carboxylic acids is 1. The van der Waals surface area contributed by atoms with Crippen molar-refractivity contribution in [1.82, 2.24) is 9.97 Å². The molecular weight excluding hydrogens is 371 g/mol. The van der Waals surface area contributed by atoms with Gasteiger partial charge in [0.15, 0.2) is 0 Å². The molecule has 0 saturated heterocycles. The van der Waals surface area contributed by atoms with Gasteiger partial charge in [0.05, 0.1) is 6.61 Å². The predicted octanol–water partition coefficient (Wildman–Crippen LogP) is 5.63. The number of nitrogens with one attached hydrogen (secondary N) is 1. The largest absolute Gasteiger partial charge is 0.463 e. The van der Waals surface area contributed by atoms with E-state index < -0.39 is 5.97 Å². The number of aromatic nitrogens is 2. The van der Waals surface area contributed by atoms with E-state index in [4.69, 9.17) is 27.9 Å². The second kappa shape index (κ2) is 8.21. The molecule has 0 amide bonds. The number of imidazole rings is 1. The van der Waals surface area contributed by atoms with Gasteiger partial charge in [-0.1, -0.05) is 47.5 Å². The van der Waals surface area contributed by atoms with E-state index in [2.05, 4.69) is 9.97 Å². The maximum atomic E-state index is 11.7. The highest BCUT2D eigenvalue weighted by molar-refractivity contribution is 6.36. The molecule has 0 bridgehead atoms. The molecule has 1 aromatic heterocycles. The van der Waals surface area contributed by atoms with Crippen LogP contribution in [-0.2, 0) is 9.53 Å². The molecule has 26 heavy (non-hydrogen) atoms. The molecule has 0 fully saturated rings. The van der Waals surface area contributed by atoms with Crippen LogP contribution >= 0.6 is 23.2 Å². The van der Waals surface area contributed by atoms with Crippen LogP contribution in [-0.4, -0.2) is 22.5 Å². The molecule has 0 atom stereocenters. The first-order valence-electron chi connectivity index (χ1n) is 8.03. The van der Waals surface area contributed by atoms with Crippen molar-refractivity contribution < 1.29 is 9.53 Å². The van der Waals surface area contributed by atoms with E-state index in [1.165, 1.54) is 6.08 Å². The Hall–Kier alpha value is -2.56. The Morgan fingerprint density at radius 2 is 2.08 bits per heavy atom. The van der Waals surface area contributed by atoms with Crippen molar-refractivity contribution in [2.75, 3.05) is 6.61 Å². The average molecular weight is 387 g/mol. The third-order valence-corrected chi connectivity index (χ3v) is 4.29. The molecule has 0 aliphatic heterocycles. The summed E-state index contributed by atoms with van der Waals surface area (Å²) in [6.07, 6.45) is 6.53. The van der Waals surface area contributed by atoms with Crippen molar-refractivity contribution in [3.63, 3.8) is 0 Å². The van der Waals surface area contributed by atoms with Gasteiger partial charge in [0.25, 0.3) is 0 Å². The van der Waals surface area contributed by atoms with Crippen molar-refractivity contribution in [2.45, 2.75) is 6.92 Å². The van der Waals surface area contributed by atoms with Crippen molar-refractivity contribution in [3.8, 4) is 22.5 Å². The first-order chi connectivity index (χ1) is 12.6. The van der Waals surface area contributed by atoms with Crippen LogP contribution in [0.25, 0.3) is 28.6 Å². The standard InChI is InChI=1S/C20H16Cl2N2O2/c1-2-26-18(25)9-6-13-4-3-5-16(19(13)20-23-10-11-24-20)15-8-7-14(21)12-17(15)22/h3-12H,2H2,1H3,(H,23,24)/b9-6+. The van der Waals surface area contributed by atoms with Gasteiger partial charge in [-0.2, -0.15) is 0 Å². The van der Waals surface area contributed by atoms with Crippen LogP contribution in [0.4, 0.5) is 0 Å². The van der Waals surface area contributed by atoms with E-state index in [-0.39, 0.29) is 0 Å². The lowest BCUT2D eigenvalue weighted by Gasteiger charge is -2.13. The van der Waals surface area contributed by atoms with Gasteiger partial charge in [0, 0.05) is 39.6 Å². The van der Waals surface area contributed by atoms with E-state index in [1.807, 2.05) is 24.3 Å². The van der Waals surface area contributed by atoms with Crippen LogP contribution in [0.3, 0.4) is 0 Å². The van der Waals surface area contributed by atoms with Gasteiger partial charge in [0.1, 0.15) is 5.82 Å². The summed E-state index contributed by atoms with van der Waals surface area (Å²) in [6, 6.07) is 11.1. The number of ether oxygens (including phenoxy) is 1. The van der Waals surface area contributed by atoms with E-state index in [0.29, 0.717) is 22.5 Å². The average Bonchev–Trinajstić information content (AvgIpc) is 3.14. The fourth-order valence-corrected chi connectivity index (χ4v) is 3.17. The molecule has 3 aromatic rings. The summed E-state index contributed by atoms with van der Waals surface area (Å²) >= 11 is 12.4. The Bertz CT molecular complexity index is 950. The van der Waals surface area contributed by atoms with Crippen LogP contribution in [0.15, 0.2) is 54.9 Å². The quantitative estimate of drug-likeness (QED) is 0.456. The molecule has 3 rings (SSSR count). The molecular formula is C20H16Cl2N2O2. The molecule has 0 aliphatic carbocycles. The van der Waals surface area contributed by atoms with Gasteiger partial charge in [0.2, 0.25) is 0 Å². The van der Waals surface area contributed by atoms with Crippen LogP contribution in [0.1, 0.15) is 12.5 Å². The third-order valence-electron chi connectivity index (χ3n) is 3.74.